The molecule has 3 heteroatoms. The third-order valence-electron chi connectivity index (χ3n) is 5.72. The summed E-state index contributed by atoms with van der Waals surface area (Å²) in [6, 6.07) is 9.05. The van der Waals surface area contributed by atoms with Crippen LogP contribution in [0.2, 0.25) is 0 Å². The highest BCUT2D eigenvalue weighted by Gasteiger charge is 2.37. The van der Waals surface area contributed by atoms with Crippen LogP contribution in [-0.2, 0) is 6.42 Å². The Balaban J connectivity index is 1.74. The fourth-order valence-corrected chi connectivity index (χ4v) is 4.47. The minimum atomic E-state index is 0.271. The van der Waals surface area contributed by atoms with Crippen molar-refractivity contribution in [2.75, 3.05) is 19.6 Å². The first-order valence-corrected chi connectivity index (χ1v) is 8.80. The first-order chi connectivity index (χ1) is 10.7. The Hall–Kier alpha value is -1.32. The number of rotatable bonds is 4. The van der Waals surface area contributed by atoms with E-state index >= 15 is 0 Å². The molecule has 0 amide bonds. The minimum Gasteiger partial charge on any atom is -0.358 e. The Kier molecular flexibility index (Phi) is 3.71. The number of benzene rings is 1. The highest BCUT2D eigenvalue weighted by molar-refractivity contribution is 5.85. The van der Waals surface area contributed by atoms with Crippen molar-refractivity contribution in [3.8, 4) is 0 Å². The zero-order chi connectivity index (χ0) is 15.1. The molecule has 2 bridgehead atoms. The van der Waals surface area contributed by atoms with E-state index in [9.17, 15) is 0 Å². The van der Waals surface area contributed by atoms with Crippen LogP contribution in [0, 0.1) is 5.92 Å². The lowest BCUT2D eigenvalue weighted by molar-refractivity contribution is 0.0854. The molecule has 0 radical (unpaired) electrons. The Morgan fingerprint density at radius 2 is 2.05 bits per heavy atom. The van der Waals surface area contributed by atoms with Gasteiger partial charge in [0.1, 0.15) is 0 Å². The number of aryl methyl sites for hydroxylation is 1. The third-order valence-corrected chi connectivity index (χ3v) is 5.72. The molecule has 3 fully saturated rings. The van der Waals surface area contributed by atoms with Gasteiger partial charge in [0.25, 0.3) is 0 Å². The van der Waals surface area contributed by atoms with Gasteiger partial charge in [-0.1, -0.05) is 18.2 Å². The maximum Gasteiger partial charge on any atom is 0.0459 e. The quantitative estimate of drug-likeness (QED) is 0.910. The van der Waals surface area contributed by atoms with Crippen molar-refractivity contribution in [2.24, 2.45) is 11.7 Å². The van der Waals surface area contributed by atoms with Crippen LogP contribution in [0.3, 0.4) is 0 Å². The highest BCUT2D eigenvalue weighted by Crippen LogP contribution is 2.41. The van der Waals surface area contributed by atoms with Gasteiger partial charge >= 0.3 is 0 Å². The molecule has 3 aliphatic rings. The summed E-state index contributed by atoms with van der Waals surface area (Å²) < 4.78 is 0. The van der Waals surface area contributed by atoms with Crippen LogP contribution in [-0.4, -0.2) is 35.6 Å². The van der Waals surface area contributed by atoms with Crippen molar-refractivity contribution in [1.29, 1.82) is 0 Å². The number of hydrogen-bond acceptors (Lipinski definition) is 2. The maximum absolute atomic E-state index is 6.02. The monoisotopic (exact) mass is 297 g/mol. The smallest absolute Gasteiger partial charge is 0.0459 e. The molecule has 3 saturated heterocycles. The molecule has 3 nitrogen and oxygen atoms in total. The molecule has 118 valence electrons. The molecule has 0 aliphatic carbocycles. The first kappa shape index (κ1) is 14.3. The predicted octanol–water partition coefficient (Wildman–Crippen LogP) is 3.26. The Labute approximate surface area is 132 Å². The van der Waals surface area contributed by atoms with Gasteiger partial charge in [-0.15, -0.1) is 0 Å². The highest BCUT2D eigenvalue weighted by atomic mass is 15.1. The van der Waals surface area contributed by atoms with Crippen molar-refractivity contribution < 1.29 is 0 Å². The second-order valence-electron chi connectivity index (χ2n) is 7.32. The molecule has 0 spiro atoms. The summed E-state index contributed by atoms with van der Waals surface area (Å²) in [6.07, 6.45) is 4.90. The molecule has 3 aliphatic heterocycles. The van der Waals surface area contributed by atoms with Crippen LogP contribution >= 0.6 is 0 Å². The van der Waals surface area contributed by atoms with E-state index in [-0.39, 0.29) is 6.04 Å². The molecule has 2 unspecified atom stereocenters. The molecule has 5 rings (SSSR count). The van der Waals surface area contributed by atoms with Crippen LogP contribution in [0.15, 0.2) is 24.3 Å². The molecule has 1 aromatic carbocycles. The summed E-state index contributed by atoms with van der Waals surface area (Å²) in [5.74, 6) is 1.56. The predicted molar refractivity (Wildman–Crippen MR) is 92.2 cm³/mol. The lowest BCUT2D eigenvalue weighted by atomic mass is 9.76. The largest absolute Gasteiger partial charge is 0.358 e. The fraction of sp³-hybridized carbons (Fsp3) is 0.579. The number of H-pyrrole nitrogens is 1. The van der Waals surface area contributed by atoms with Gasteiger partial charge in [-0.25, -0.2) is 0 Å². The molecule has 2 atom stereocenters. The van der Waals surface area contributed by atoms with Gasteiger partial charge in [-0.3, -0.25) is 0 Å². The molecule has 3 N–H and O–H groups in total. The van der Waals surface area contributed by atoms with Gasteiger partial charge in [0.15, 0.2) is 0 Å². The van der Waals surface area contributed by atoms with E-state index in [0.717, 1.165) is 18.8 Å². The van der Waals surface area contributed by atoms with Crippen LogP contribution in [0.4, 0.5) is 0 Å². The van der Waals surface area contributed by atoms with Crippen molar-refractivity contribution in [1.82, 2.24) is 9.88 Å². The minimum absolute atomic E-state index is 0.271. The number of hydrogen-bond donors (Lipinski definition) is 2. The normalized spacial score (nSPS) is 29.1. The summed E-state index contributed by atoms with van der Waals surface area (Å²) in [6.45, 7) is 5.96. The number of nitrogens with zero attached hydrogens (tertiary/aromatic N) is 1. The molecule has 2 aromatic rings. The van der Waals surface area contributed by atoms with Gasteiger partial charge in [0.2, 0.25) is 0 Å². The lowest BCUT2D eigenvalue weighted by Gasteiger charge is -2.45. The van der Waals surface area contributed by atoms with E-state index in [1.807, 2.05) is 0 Å². The lowest BCUT2D eigenvalue weighted by Crippen LogP contribution is -2.46. The number of para-hydroxylation sites is 1. The molecule has 22 heavy (non-hydrogen) atoms. The van der Waals surface area contributed by atoms with Gasteiger partial charge in [0.05, 0.1) is 0 Å². The third kappa shape index (κ3) is 2.46. The molecular weight excluding hydrogens is 270 g/mol. The summed E-state index contributed by atoms with van der Waals surface area (Å²) in [7, 11) is 0. The van der Waals surface area contributed by atoms with Gasteiger partial charge in [-0.2, -0.15) is 0 Å². The number of nitrogens with one attached hydrogen (secondary N) is 1. The van der Waals surface area contributed by atoms with Crippen molar-refractivity contribution in [3.63, 3.8) is 0 Å². The summed E-state index contributed by atoms with van der Waals surface area (Å²) in [4.78, 5) is 6.42. The van der Waals surface area contributed by atoms with Crippen molar-refractivity contribution in [2.45, 2.75) is 44.6 Å². The second-order valence-corrected chi connectivity index (χ2v) is 7.32. The molecule has 4 heterocycles. The fourth-order valence-electron chi connectivity index (χ4n) is 4.47. The number of piperidine rings is 3. The van der Waals surface area contributed by atoms with E-state index < -0.39 is 0 Å². The Morgan fingerprint density at radius 1 is 1.27 bits per heavy atom. The number of aromatic nitrogens is 1. The van der Waals surface area contributed by atoms with E-state index in [1.165, 1.54) is 54.6 Å². The first-order valence-electron chi connectivity index (χ1n) is 8.80. The Morgan fingerprint density at radius 3 is 2.73 bits per heavy atom. The maximum atomic E-state index is 6.02. The summed E-state index contributed by atoms with van der Waals surface area (Å²) in [5, 5.41) is 1.41. The van der Waals surface area contributed by atoms with E-state index in [4.69, 9.17) is 5.73 Å². The van der Waals surface area contributed by atoms with Gasteiger partial charge in [0, 0.05) is 35.1 Å². The summed E-state index contributed by atoms with van der Waals surface area (Å²) in [5.41, 5.74) is 10.4. The van der Waals surface area contributed by atoms with E-state index in [1.54, 1.807) is 0 Å². The number of fused-ring (bicyclic) bond motifs is 4. The molecular formula is C19H27N3. The second kappa shape index (κ2) is 5.71. The van der Waals surface area contributed by atoms with Crippen LogP contribution < -0.4 is 5.73 Å². The SMILES string of the molecule is CC(N)CCc1c(C2CN3CCC2CC3)[nH]c2ccccc12. The van der Waals surface area contributed by atoms with E-state index in [0.29, 0.717) is 5.92 Å². The zero-order valence-corrected chi connectivity index (χ0v) is 13.5. The topological polar surface area (TPSA) is 45.0 Å². The average molecular weight is 297 g/mol. The van der Waals surface area contributed by atoms with E-state index in [2.05, 4.69) is 41.1 Å². The van der Waals surface area contributed by atoms with Crippen LogP contribution in [0.5, 0.6) is 0 Å². The number of aromatic amines is 1. The molecule has 1 aromatic heterocycles. The number of nitrogens with two attached hydrogens (primary N) is 1. The molecule has 0 saturated carbocycles. The van der Waals surface area contributed by atoms with Crippen LogP contribution in [0.1, 0.15) is 43.4 Å². The summed E-state index contributed by atoms with van der Waals surface area (Å²) >= 11 is 0. The zero-order valence-electron chi connectivity index (χ0n) is 13.5. The standard InChI is InChI=1S/C19H27N3/c1-13(20)6-7-16-15-4-2-3-5-18(15)21-19(16)17-12-22-10-8-14(17)9-11-22/h2-5,13-14,17,21H,6-12,20H2,1H3. The van der Waals surface area contributed by atoms with Crippen LogP contribution in [0.25, 0.3) is 10.9 Å². The van der Waals surface area contributed by atoms with Gasteiger partial charge < -0.3 is 15.6 Å². The Bertz CT molecular complexity index is 650. The van der Waals surface area contributed by atoms with Crippen molar-refractivity contribution in [3.05, 3.63) is 35.5 Å². The average Bonchev–Trinajstić information content (AvgIpc) is 2.92. The van der Waals surface area contributed by atoms with Gasteiger partial charge in [-0.05, 0) is 63.2 Å². The van der Waals surface area contributed by atoms with Crippen molar-refractivity contribution >= 4 is 10.9 Å².